The Kier molecular flexibility index (Phi) is 5.27. The first-order valence-corrected chi connectivity index (χ1v) is 9.83. The van der Waals surface area contributed by atoms with Crippen LogP contribution in [0.3, 0.4) is 0 Å². The molecule has 10 heteroatoms. The average molecular weight is 462 g/mol. The van der Waals surface area contributed by atoms with Gasteiger partial charge in [-0.3, -0.25) is 14.9 Å². The summed E-state index contributed by atoms with van der Waals surface area (Å²) in [5.74, 6) is -0.345. The van der Waals surface area contributed by atoms with Crippen LogP contribution in [-0.4, -0.2) is 31.8 Å². The molecule has 1 amide bonds. The van der Waals surface area contributed by atoms with Gasteiger partial charge < -0.3 is 4.74 Å². The summed E-state index contributed by atoms with van der Waals surface area (Å²) >= 11 is 3.40. The summed E-state index contributed by atoms with van der Waals surface area (Å²) in [4.78, 5) is 32.5. The summed E-state index contributed by atoms with van der Waals surface area (Å²) in [7, 11) is 0. The van der Waals surface area contributed by atoms with Crippen molar-refractivity contribution >= 4 is 38.6 Å². The van der Waals surface area contributed by atoms with Gasteiger partial charge in [0.2, 0.25) is 17.7 Å². The van der Waals surface area contributed by atoms with E-state index in [1.807, 2.05) is 0 Å². The molecule has 0 saturated heterocycles. The zero-order chi connectivity index (χ0) is 20.5. The van der Waals surface area contributed by atoms with Crippen molar-refractivity contribution in [1.82, 2.24) is 19.7 Å². The summed E-state index contributed by atoms with van der Waals surface area (Å²) in [6.45, 7) is 1.79. The highest BCUT2D eigenvalue weighted by atomic mass is 79.9. The standard InChI is InChI=1S/C19H17BrFN5O3/c1-10-4-13(5-10)29-17-15-6-11(20)2-3-14(15)18(28)26(25-17)9-16(27)24-19-22-7-12(21)8-23-19/h2-3,6-8,10,13H,4-5,9H2,1H3,(H,22,23,24,27)/t10-,13+. The number of nitrogens with one attached hydrogen (secondary N) is 1. The number of rotatable bonds is 5. The maximum absolute atomic E-state index is 12.9. The maximum Gasteiger partial charge on any atom is 0.275 e. The first-order chi connectivity index (χ1) is 13.9. The Morgan fingerprint density at radius 2 is 2.03 bits per heavy atom. The Morgan fingerprint density at radius 3 is 2.72 bits per heavy atom. The monoisotopic (exact) mass is 461 g/mol. The van der Waals surface area contributed by atoms with Crippen LogP contribution in [0.15, 0.2) is 39.9 Å². The molecule has 1 aliphatic rings. The lowest BCUT2D eigenvalue weighted by molar-refractivity contribution is -0.117. The van der Waals surface area contributed by atoms with Crippen molar-refractivity contribution in [2.45, 2.75) is 32.4 Å². The summed E-state index contributed by atoms with van der Waals surface area (Å²) < 4.78 is 20.7. The van der Waals surface area contributed by atoms with Gasteiger partial charge in [0, 0.05) is 4.47 Å². The molecule has 0 unspecified atom stereocenters. The van der Waals surface area contributed by atoms with Gasteiger partial charge in [0.05, 0.1) is 23.2 Å². The second kappa shape index (κ2) is 7.86. The summed E-state index contributed by atoms with van der Waals surface area (Å²) in [5.41, 5.74) is -0.419. The molecule has 1 N–H and O–H groups in total. The first-order valence-electron chi connectivity index (χ1n) is 9.03. The minimum absolute atomic E-state index is 0.0343. The van der Waals surface area contributed by atoms with Crippen molar-refractivity contribution in [2.75, 3.05) is 5.32 Å². The largest absolute Gasteiger partial charge is 0.473 e. The summed E-state index contributed by atoms with van der Waals surface area (Å²) in [5, 5.41) is 7.68. The van der Waals surface area contributed by atoms with Gasteiger partial charge in [-0.25, -0.2) is 19.0 Å². The fraction of sp³-hybridized carbons (Fsp3) is 0.316. The van der Waals surface area contributed by atoms with Gasteiger partial charge in [-0.15, -0.1) is 5.10 Å². The van der Waals surface area contributed by atoms with Crippen LogP contribution in [0.1, 0.15) is 19.8 Å². The van der Waals surface area contributed by atoms with Crippen LogP contribution in [0.5, 0.6) is 5.88 Å². The Bertz CT molecular complexity index is 1130. The van der Waals surface area contributed by atoms with Gasteiger partial charge in [-0.2, -0.15) is 0 Å². The molecule has 150 valence electrons. The van der Waals surface area contributed by atoms with Crippen LogP contribution in [0.4, 0.5) is 10.3 Å². The number of aromatic nitrogens is 4. The highest BCUT2D eigenvalue weighted by molar-refractivity contribution is 9.10. The number of anilines is 1. The SMILES string of the molecule is C[C@H]1C[C@@H](Oc2nn(CC(=O)Nc3ncc(F)cn3)c(=O)c3ccc(Br)cc23)C1. The normalized spacial score (nSPS) is 18.3. The number of benzene rings is 1. The molecule has 1 saturated carbocycles. The number of halogens is 2. The predicted molar refractivity (Wildman–Crippen MR) is 107 cm³/mol. The average Bonchev–Trinajstić information content (AvgIpc) is 2.66. The van der Waals surface area contributed by atoms with E-state index in [-0.39, 0.29) is 18.6 Å². The van der Waals surface area contributed by atoms with E-state index in [2.05, 4.69) is 43.2 Å². The van der Waals surface area contributed by atoms with Crippen molar-refractivity contribution in [2.24, 2.45) is 5.92 Å². The second-order valence-corrected chi connectivity index (χ2v) is 7.96. The van der Waals surface area contributed by atoms with Crippen LogP contribution in [0.25, 0.3) is 10.8 Å². The van der Waals surface area contributed by atoms with Gasteiger partial charge in [0.15, 0.2) is 5.82 Å². The van der Waals surface area contributed by atoms with E-state index < -0.39 is 17.3 Å². The number of fused-ring (bicyclic) bond motifs is 1. The second-order valence-electron chi connectivity index (χ2n) is 7.05. The lowest BCUT2D eigenvalue weighted by Crippen LogP contribution is -2.34. The smallest absolute Gasteiger partial charge is 0.275 e. The number of ether oxygens (including phenoxy) is 1. The maximum atomic E-state index is 12.9. The van der Waals surface area contributed by atoms with Crippen molar-refractivity contribution in [3.63, 3.8) is 0 Å². The molecule has 2 aromatic heterocycles. The number of nitrogens with zero attached hydrogens (tertiary/aromatic N) is 4. The number of hydrogen-bond acceptors (Lipinski definition) is 6. The van der Waals surface area contributed by atoms with Gasteiger partial charge in [-0.1, -0.05) is 22.9 Å². The molecule has 0 aliphatic heterocycles. The van der Waals surface area contributed by atoms with Crippen molar-refractivity contribution in [1.29, 1.82) is 0 Å². The molecular weight excluding hydrogens is 445 g/mol. The first kappa shape index (κ1) is 19.4. The van der Waals surface area contributed by atoms with Gasteiger partial charge >= 0.3 is 0 Å². The van der Waals surface area contributed by atoms with Crippen LogP contribution in [0, 0.1) is 11.7 Å². The zero-order valence-electron chi connectivity index (χ0n) is 15.4. The minimum Gasteiger partial charge on any atom is -0.473 e. The molecule has 0 spiro atoms. The van der Waals surface area contributed by atoms with E-state index in [4.69, 9.17) is 4.74 Å². The Morgan fingerprint density at radius 1 is 1.31 bits per heavy atom. The highest BCUT2D eigenvalue weighted by Gasteiger charge is 2.28. The fourth-order valence-electron chi connectivity index (χ4n) is 3.18. The molecule has 0 atom stereocenters. The van der Waals surface area contributed by atoms with E-state index in [0.717, 1.165) is 34.4 Å². The zero-order valence-corrected chi connectivity index (χ0v) is 17.0. The van der Waals surface area contributed by atoms with Crippen molar-refractivity contribution in [3.8, 4) is 5.88 Å². The van der Waals surface area contributed by atoms with Crippen LogP contribution < -0.4 is 15.6 Å². The quantitative estimate of drug-likeness (QED) is 0.626. The third kappa shape index (κ3) is 4.26. The molecule has 2 heterocycles. The molecule has 1 aromatic carbocycles. The third-order valence-corrected chi connectivity index (χ3v) is 5.16. The van der Waals surface area contributed by atoms with Crippen molar-refractivity contribution in [3.05, 3.63) is 51.2 Å². The molecule has 29 heavy (non-hydrogen) atoms. The van der Waals surface area contributed by atoms with Crippen molar-refractivity contribution < 1.29 is 13.9 Å². The topological polar surface area (TPSA) is 99.0 Å². The van der Waals surface area contributed by atoms with E-state index >= 15 is 0 Å². The van der Waals surface area contributed by atoms with E-state index in [9.17, 15) is 14.0 Å². The molecule has 0 bridgehead atoms. The van der Waals surface area contributed by atoms with Crippen LogP contribution in [0.2, 0.25) is 0 Å². The Labute approximate surface area is 173 Å². The lowest BCUT2D eigenvalue weighted by Gasteiger charge is -2.32. The summed E-state index contributed by atoms with van der Waals surface area (Å²) in [6.07, 6.45) is 3.74. The number of carbonyl (C=O) groups is 1. The molecule has 1 aliphatic carbocycles. The van der Waals surface area contributed by atoms with E-state index in [1.54, 1.807) is 18.2 Å². The lowest BCUT2D eigenvalue weighted by atomic mass is 9.84. The van der Waals surface area contributed by atoms with E-state index in [0.29, 0.717) is 22.6 Å². The summed E-state index contributed by atoms with van der Waals surface area (Å²) in [6, 6.07) is 5.19. The number of amides is 1. The fourth-order valence-corrected chi connectivity index (χ4v) is 3.54. The third-order valence-electron chi connectivity index (χ3n) is 4.66. The molecule has 4 rings (SSSR count). The molecule has 8 nitrogen and oxygen atoms in total. The van der Waals surface area contributed by atoms with Crippen LogP contribution >= 0.6 is 15.9 Å². The Hall–Kier alpha value is -2.88. The molecule has 3 aromatic rings. The number of hydrogen-bond donors (Lipinski definition) is 1. The Balaban J connectivity index is 1.63. The highest BCUT2D eigenvalue weighted by Crippen LogP contribution is 2.32. The molecule has 1 fully saturated rings. The van der Waals surface area contributed by atoms with Crippen LogP contribution in [-0.2, 0) is 11.3 Å². The van der Waals surface area contributed by atoms with E-state index in [1.165, 1.54) is 0 Å². The molecule has 0 radical (unpaired) electrons. The predicted octanol–water partition coefficient (Wildman–Crippen LogP) is 2.90. The van der Waals surface area contributed by atoms with Gasteiger partial charge in [0.1, 0.15) is 12.6 Å². The van der Waals surface area contributed by atoms with Gasteiger partial charge in [0.25, 0.3) is 5.56 Å². The molecular formula is C19H17BrFN5O3. The minimum atomic E-state index is -0.617. The number of carbonyl (C=O) groups excluding carboxylic acids is 1. The van der Waals surface area contributed by atoms with Gasteiger partial charge in [-0.05, 0) is 37.0 Å².